The van der Waals surface area contributed by atoms with Crippen molar-refractivity contribution in [2.24, 2.45) is 0 Å². The summed E-state index contributed by atoms with van der Waals surface area (Å²) in [5.74, 6) is -1.23. The van der Waals surface area contributed by atoms with Crippen LogP contribution < -0.4 is 5.09 Å². The quantitative estimate of drug-likeness (QED) is 0.241. The molecule has 1 amide bonds. The standard InChI is InChI=1S/C18H25N2O5PS/c1-18(2)14(17(23)25-10-12(21)11-8-6-5-7-9-11)20-15(22)13(19-26(3)4)16(20)27(18)24/h5-9,13-14,16,19H,10,26H2,1-4H3/t13-,14+,16-,27?/m1/s1. The molecule has 0 radical (unpaired) electrons. The molecule has 27 heavy (non-hydrogen) atoms. The molecule has 1 aromatic carbocycles. The molecule has 0 bridgehead atoms. The first-order valence-electron chi connectivity index (χ1n) is 8.90. The van der Waals surface area contributed by atoms with Crippen LogP contribution in [0.5, 0.6) is 0 Å². The third kappa shape index (κ3) is 3.51. The van der Waals surface area contributed by atoms with Crippen LogP contribution >= 0.6 is 8.07 Å². The number of hydrogen-bond donors (Lipinski definition) is 1. The second-order valence-corrected chi connectivity index (χ2v) is 12.4. The van der Waals surface area contributed by atoms with Gasteiger partial charge in [-0.05, 0) is 0 Å². The van der Waals surface area contributed by atoms with Gasteiger partial charge < -0.3 is 0 Å². The van der Waals surface area contributed by atoms with Crippen molar-refractivity contribution in [2.75, 3.05) is 19.9 Å². The SMILES string of the molecule is C[PH2](C)N[C@@H]1C(=O)N2[C@@H]1[S+]([O-])C(C)(C)[C@@H]2C(=O)OCC(=O)c1ccccc1. The molecule has 0 saturated carbocycles. The van der Waals surface area contributed by atoms with Crippen molar-refractivity contribution in [1.29, 1.82) is 0 Å². The fraction of sp³-hybridized carbons (Fsp3) is 0.500. The number of Topliss-reactive ketones (excluding diaryl/α,β-unsaturated/α-hetero) is 1. The van der Waals surface area contributed by atoms with Crippen LogP contribution in [0.25, 0.3) is 0 Å². The van der Waals surface area contributed by atoms with Gasteiger partial charge in [0.1, 0.15) is 0 Å². The first kappa shape index (κ1) is 20.3. The van der Waals surface area contributed by atoms with Crippen LogP contribution in [0.1, 0.15) is 24.2 Å². The summed E-state index contributed by atoms with van der Waals surface area (Å²) in [6.45, 7) is 7.07. The molecule has 0 spiro atoms. The van der Waals surface area contributed by atoms with Crippen LogP contribution in [0.15, 0.2) is 30.3 Å². The minimum absolute atomic E-state index is 0.225. The van der Waals surface area contributed by atoms with Crippen LogP contribution in [0, 0.1) is 0 Å². The van der Waals surface area contributed by atoms with Gasteiger partial charge in [-0.3, -0.25) is 0 Å². The van der Waals surface area contributed by atoms with Crippen molar-refractivity contribution >= 4 is 36.9 Å². The van der Waals surface area contributed by atoms with E-state index in [1.165, 1.54) is 4.90 Å². The summed E-state index contributed by atoms with van der Waals surface area (Å²) in [6.07, 6.45) is 0. The molecule has 148 valence electrons. The molecule has 2 heterocycles. The Morgan fingerprint density at radius 3 is 2.52 bits per heavy atom. The number of carbonyl (C=O) groups is 3. The van der Waals surface area contributed by atoms with Crippen LogP contribution in [0.3, 0.4) is 0 Å². The van der Waals surface area contributed by atoms with Crippen LogP contribution in [0.2, 0.25) is 0 Å². The summed E-state index contributed by atoms with van der Waals surface area (Å²) in [4.78, 5) is 38.8. The maximum absolute atomic E-state index is 12.9. The number of ether oxygens (including phenoxy) is 1. The van der Waals surface area contributed by atoms with Gasteiger partial charge in [0.05, 0.1) is 0 Å². The second-order valence-electron chi connectivity index (χ2n) is 7.64. The van der Waals surface area contributed by atoms with Crippen molar-refractivity contribution in [3.05, 3.63) is 35.9 Å². The van der Waals surface area contributed by atoms with E-state index in [0.29, 0.717) is 5.56 Å². The van der Waals surface area contributed by atoms with E-state index in [1.54, 1.807) is 44.2 Å². The number of fused-ring (bicyclic) bond motifs is 1. The summed E-state index contributed by atoms with van der Waals surface area (Å²) < 4.78 is 17.2. The van der Waals surface area contributed by atoms with Gasteiger partial charge in [-0.2, -0.15) is 0 Å². The molecular formula is C18H25N2O5PS. The molecule has 2 saturated heterocycles. The zero-order valence-corrected chi connectivity index (χ0v) is 17.8. The number of hydrogen-bond acceptors (Lipinski definition) is 6. The predicted octanol–water partition coefficient (Wildman–Crippen LogP) is 0.570. The Kier molecular flexibility index (Phi) is 5.64. The van der Waals surface area contributed by atoms with E-state index in [1.807, 2.05) is 13.3 Å². The molecular weight excluding hydrogens is 387 g/mol. The number of amides is 1. The molecule has 0 aromatic heterocycles. The zero-order chi connectivity index (χ0) is 19.9. The Balaban J connectivity index is 1.71. The first-order valence-corrected chi connectivity index (χ1v) is 13.0. The Hall–Kier alpha value is -1.47. The number of carbonyl (C=O) groups excluding carboxylic acids is 3. The summed E-state index contributed by atoms with van der Waals surface area (Å²) in [7, 11) is -1.25. The van der Waals surface area contributed by atoms with E-state index in [2.05, 4.69) is 5.09 Å². The monoisotopic (exact) mass is 412 g/mol. The van der Waals surface area contributed by atoms with E-state index in [4.69, 9.17) is 4.74 Å². The third-order valence-electron chi connectivity index (χ3n) is 4.93. The Labute approximate surface area is 162 Å². The predicted molar refractivity (Wildman–Crippen MR) is 107 cm³/mol. The van der Waals surface area contributed by atoms with Crippen LogP contribution in [-0.4, -0.2) is 69.3 Å². The molecule has 7 nitrogen and oxygen atoms in total. The normalized spacial score (nSPS) is 29.0. The molecule has 2 aliphatic rings. The topological polar surface area (TPSA) is 98.8 Å². The van der Waals surface area contributed by atoms with Gasteiger partial charge in [-0.15, -0.1) is 0 Å². The van der Waals surface area contributed by atoms with Crippen molar-refractivity contribution in [3.63, 3.8) is 0 Å². The fourth-order valence-corrected chi connectivity index (χ4v) is 6.69. The Morgan fingerprint density at radius 2 is 1.93 bits per heavy atom. The van der Waals surface area contributed by atoms with Gasteiger partial charge in [-0.1, -0.05) is 6.07 Å². The van der Waals surface area contributed by atoms with E-state index in [0.717, 1.165) is 0 Å². The number of β-lactam (4-membered cyclic amide) rings is 1. The van der Waals surface area contributed by atoms with Crippen molar-refractivity contribution < 1.29 is 23.7 Å². The Morgan fingerprint density at radius 1 is 1.30 bits per heavy atom. The zero-order valence-electron chi connectivity index (χ0n) is 15.8. The van der Waals surface area contributed by atoms with Gasteiger partial charge in [-0.25, -0.2) is 0 Å². The van der Waals surface area contributed by atoms with Gasteiger partial charge >= 0.3 is 156 Å². The van der Waals surface area contributed by atoms with Crippen LogP contribution in [0.4, 0.5) is 0 Å². The molecule has 2 aliphatic heterocycles. The Bertz CT molecular complexity index is 757. The summed E-state index contributed by atoms with van der Waals surface area (Å²) in [5, 5.41) is 2.72. The molecule has 1 unspecified atom stereocenters. The molecule has 2 fully saturated rings. The summed E-state index contributed by atoms with van der Waals surface area (Å²) >= 11 is -1.41. The number of rotatable bonds is 6. The van der Waals surface area contributed by atoms with E-state index in [9.17, 15) is 18.9 Å². The second kappa shape index (κ2) is 7.51. The van der Waals surface area contributed by atoms with Crippen molar-refractivity contribution in [3.8, 4) is 0 Å². The van der Waals surface area contributed by atoms with Crippen LogP contribution in [-0.2, 0) is 25.5 Å². The number of esters is 1. The van der Waals surface area contributed by atoms with Gasteiger partial charge in [0.25, 0.3) is 0 Å². The maximum atomic E-state index is 12.9. The number of ketones is 1. The molecule has 9 heteroatoms. The minimum atomic E-state index is -1.41. The van der Waals surface area contributed by atoms with E-state index < -0.39 is 54.0 Å². The van der Waals surface area contributed by atoms with Gasteiger partial charge in [0.2, 0.25) is 0 Å². The third-order valence-corrected chi connectivity index (χ3v) is 8.16. The van der Waals surface area contributed by atoms with Gasteiger partial charge in [0.15, 0.2) is 0 Å². The van der Waals surface area contributed by atoms with E-state index in [-0.39, 0.29) is 11.7 Å². The summed E-state index contributed by atoms with van der Waals surface area (Å²) in [5.41, 5.74) is 0.448. The first-order chi connectivity index (χ1) is 12.7. The van der Waals surface area contributed by atoms with Crippen molar-refractivity contribution in [2.45, 2.75) is 36.1 Å². The number of nitrogens with one attached hydrogen (secondary N) is 1. The van der Waals surface area contributed by atoms with Gasteiger partial charge in [0, 0.05) is 0 Å². The average molecular weight is 412 g/mol. The van der Waals surface area contributed by atoms with E-state index >= 15 is 0 Å². The number of nitrogens with zero attached hydrogens (tertiary/aromatic N) is 1. The summed E-state index contributed by atoms with van der Waals surface area (Å²) in [6, 6.07) is 7.09. The molecule has 0 aliphatic carbocycles. The molecule has 1 aromatic rings. The average Bonchev–Trinajstić information content (AvgIpc) is 2.82. The molecule has 1 N–H and O–H groups in total. The fourth-order valence-electron chi connectivity index (χ4n) is 3.58. The van der Waals surface area contributed by atoms with Crippen molar-refractivity contribution in [1.82, 2.24) is 9.99 Å². The number of benzene rings is 1. The molecule has 3 rings (SSSR count). The molecule has 4 atom stereocenters.